The average Bonchev–Trinajstić information content (AvgIpc) is 3.27. The number of carbonyl (C=O) groups excluding carboxylic acids is 4. The van der Waals surface area contributed by atoms with Crippen molar-refractivity contribution in [3.63, 3.8) is 0 Å². The fourth-order valence-corrected chi connectivity index (χ4v) is 6.99. The van der Waals surface area contributed by atoms with Crippen molar-refractivity contribution in [1.82, 2.24) is 0 Å². The first-order chi connectivity index (χ1) is 20.7. The molecule has 1 saturated heterocycles. The van der Waals surface area contributed by atoms with Gasteiger partial charge in [0, 0.05) is 22.6 Å². The van der Waals surface area contributed by atoms with Crippen LogP contribution in [0.5, 0.6) is 17.2 Å². The van der Waals surface area contributed by atoms with Gasteiger partial charge in [-0.3, -0.25) is 24.1 Å². The molecule has 1 N–H and O–H groups in total. The number of rotatable bonds is 6. The summed E-state index contributed by atoms with van der Waals surface area (Å²) in [5.41, 5.74) is 4.38. The van der Waals surface area contributed by atoms with Crippen LogP contribution in [0.2, 0.25) is 0 Å². The summed E-state index contributed by atoms with van der Waals surface area (Å²) in [5.74, 6) is -2.74. The lowest BCUT2D eigenvalue weighted by atomic mass is 9.60. The molecule has 4 atom stereocenters. The number of benzene rings is 2. The second kappa shape index (κ2) is 10.8. The minimum absolute atomic E-state index is 0.127. The van der Waals surface area contributed by atoms with E-state index in [2.05, 4.69) is 0 Å². The molecule has 0 aromatic heterocycles. The van der Waals surface area contributed by atoms with E-state index >= 15 is 0 Å². The number of fused-ring (bicyclic) bond motifs is 3. The molecular weight excluding hydrogens is 546 g/mol. The molecule has 0 saturated carbocycles. The quantitative estimate of drug-likeness (QED) is 0.286. The number of phenols is 1. The molecule has 8 heteroatoms. The molecule has 3 aliphatic carbocycles. The molecule has 2 aromatic carbocycles. The lowest BCUT2D eigenvalue weighted by Crippen LogP contribution is -2.40. The van der Waals surface area contributed by atoms with Crippen LogP contribution in [0.1, 0.15) is 37.8 Å². The Bertz CT molecular complexity index is 1670. The van der Waals surface area contributed by atoms with Crippen molar-refractivity contribution >= 4 is 35.1 Å². The van der Waals surface area contributed by atoms with Crippen LogP contribution in [0.15, 0.2) is 76.9 Å². The Morgan fingerprint density at radius 3 is 2.28 bits per heavy atom. The van der Waals surface area contributed by atoms with E-state index in [0.717, 1.165) is 17.6 Å². The predicted octanol–water partition coefficient (Wildman–Crippen LogP) is 5.15. The third-order valence-electron chi connectivity index (χ3n) is 9.20. The van der Waals surface area contributed by atoms with Crippen LogP contribution in [0, 0.1) is 23.7 Å². The topological polar surface area (TPSA) is 110 Å². The highest BCUT2D eigenvalue weighted by Gasteiger charge is 2.56. The molecule has 1 heterocycles. The maximum Gasteiger partial charge on any atom is 0.238 e. The van der Waals surface area contributed by atoms with E-state index in [1.807, 2.05) is 43.3 Å². The highest BCUT2D eigenvalue weighted by atomic mass is 16.5. The number of nitrogens with zero attached hydrogens (tertiary/aromatic N) is 1. The molecule has 220 valence electrons. The number of phenolic OH excluding ortho intramolecular Hbond substituents is 1. The summed E-state index contributed by atoms with van der Waals surface area (Å²) in [6.07, 6.45) is 8.45. The number of hydrogen-bond acceptors (Lipinski definition) is 7. The third kappa shape index (κ3) is 4.52. The van der Waals surface area contributed by atoms with Gasteiger partial charge in [0.2, 0.25) is 17.6 Å². The van der Waals surface area contributed by atoms with Crippen molar-refractivity contribution in [3.05, 3.63) is 88.0 Å². The molecule has 1 fully saturated rings. The van der Waals surface area contributed by atoms with Crippen LogP contribution in [-0.4, -0.2) is 42.7 Å². The maximum atomic E-state index is 14.0. The molecule has 2 amide bonds. The normalized spacial score (nSPS) is 25.0. The number of methoxy groups -OCH3 is 2. The Balaban J connectivity index is 1.42. The van der Waals surface area contributed by atoms with Crippen molar-refractivity contribution in [1.29, 1.82) is 0 Å². The number of aryl methyl sites for hydroxylation is 1. The SMILES string of the molecule is CCc1ccc(N2C(=O)[C@H]3[C@H](CC=C4[C@H](C=Cc5cc(OC)c(O)c(OC)c5)C5=C(C[C@H]43)C(=O)C=C(C)C5=O)C2=O)cc1. The third-order valence-corrected chi connectivity index (χ3v) is 9.20. The number of ketones is 2. The molecule has 8 nitrogen and oxygen atoms in total. The van der Waals surface area contributed by atoms with Crippen LogP contribution >= 0.6 is 0 Å². The number of amides is 2. The van der Waals surface area contributed by atoms with E-state index in [1.165, 1.54) is 25.2 Å². The van der Waals surface area contributed by atoms with E-state index in [4.69, 9.17) is 9.47 Å². The summed E-state index contributed by atoms with van der Waals surface area (Å²) < 4.78 is 10.6. The van der Waals surface area contributed by atoms with Crippen molar-refractivity contribution < 1.29 is 33.8 Å². The van der Waals surface area contributed by atoms with E-state index in [0.29, 0.717) is 34.4 Å². The molecule has 2 aromatic rings. The lowest BCUT2D eigenvalue weighted by molar-refractivity contribution is -0.123. The van der Waals surface area contributed by atoms with Gasteiger partial charge in [-0.2, -0.15) is 0 Å². The fourth-order valence-electron chi connectivity index (χ4n) is 6.99. The number of allylic oxidation sites excluding steroid dienone is 7. The Labute approximate surface area is 250 Å². The van der Waals surface area contributed by atoms with Gasteiger partial charge in [-0.25, -0.2) is 0 Å². The summed E-state index contributed by atoms with van der Waals surface area (Å²) in [5, 5.41) is 10.4. The molecule has 0 bridgehead atoms. The first kappa shape index (κ1) is 28.4. The van der Waals surface area contributed by atoms with Gasteiger partial charge < -0.3 is 14.6 Å². The first-order valence-electron chi connectivity index (χ1n) is 14.5. The Morgan fingerprint density at radius 2 is 1.65 bits per heavy atom. The van der Waals surface area contributed by atoms with E-state index in [-0.39, 0.29) is 47.1 Å². The lowest BCUT2D eigenvalue weighted by Gasteiger charge is -2.41. The minimum atomic E-state index is -0.632. The van der Waals surface area contributed by atoms with Crippen LogP contribution < -0.4 is 14.4 Å². The Kier molecular flexibility index (Phi) is 7.16. The number of aromatic hydroxyl groups is 1. The molecule has 43 heavy (non-hydrogen) atoms. The molecule has 4 aliphatic rings. The van der Waals surface area contributed by atoms with Crippen LogP contribution in [-0.2, 0) is 25.6 Å². The first-order valence-corrected chi connectivity index (χ1v) is 14.5. The van der Waals surface area contributed by atoms with Gasteiger partial charge in [0.25, 0.3) is 0 Å². The van der Waals surface area contributed by atoms with Gasteiger partial charge in [0.1, 0.15) is 0 Å². The highest BCUT2D eigenvalue weighted by Crippen LogP contribution is 2.53. The van der Waals surface area contributed by atoms with Gasteiger partial charge in [0.15, 0.2) is 23.1 Å². The van der Waals surface area contributed by atoms with Crippen molar-refractivity contribution in [2.24, 2.45) is 23.7 Å². The minimum Gasteiger partial charge on any atom is -0.502 e. The number of hydrogen-bond donors (Lipinski definition) is 1. The maximum absolute atomic E-state index is 14.0. The van der Waals surface area contributed by atoms with Crippen LogP contribution in [0.4, 0.5) is 5.69 Å². The average molecular weight is 580 g/mol. The van der Waals surface area contributed by atoms with Gasteiger partial charge in [0.05, 0.1) is 31.7 Å². The number of carbonyl (C=O) groups is 4. The van der Waals surface area contributed by atoms with Gasteiger partial charge in [-0.15, -0.1) is 0 Å². The molecule has 0 radical (unpaired) electrons. The summed E-state index contributed by atoms with van der Waals surface area (Å²) in [7, 11) is 2.88. The highest BCUT2D eigenvalue weighted by molar-refractivity contribution is 6.24. The summed E-state index contributed by atoms with van der Waals surface area (Å²) >= 11 is 0. The number of imide groups is 1. The van der Waals surface area contributed by atoms with E-state index < -0.39 is 23.7 Å². The van der Waals surface area contributed by atoms with E-state index in [9.17, 15) is 24.3 Å². The summed E-state index contributed by atoms with van der Waals surface area (Å²) in [6.45, 7) is 3.68. The zero-order valence-corrected chi connectivity index (χ0v) is 24.5. The van der Waals surface area contributed by atoms with Crippen molar-refractivity contribution in [3.8, 4) is 17.2 Å². The summed E-state index contributed by atoms with van der Waals surface area (Å²) in [6, 6.07) is 10.8. The predicted molar refractivity (Wildman–Crippen MR) is 161 cm³/mol. The molecule has 0 spiro atoms. The Hall–Kier alpha value is -4.72. The van der Waals surface area contributed by atoms with Gasteiger partial charge in [-0.05, 0) is 73.6 Å². The molecule has 0 unspecified atom stereocenters. The molecule has 6 rings (SSSR count). The smallest absolute Gasteiger partial charge is 0.238 e. The molecular formula is C35H33NO7. The van der Waals surface area contributed by atoms with E-state index in [1.54, 1.807) is 25.1 Å². The zero-order valence-electron chi connectivity index (χ0n) is 24.5. The fraction of sp³-hybridized carbons (Fsp3) is 0.314. The largest absolute Gasteiger partial charge is 0.502 e. The Morgan fingerprint density at radius 1 is 0.977 bits per heavy atom. The number of anilines is 1. The standard InChI is InChI=1S/C35H33NO7/c1-5-19-6-9-21(10-7-19)36-34(40)24-13-12-22-23(11-8-20-15-28(42-3)33(39)29(16-20)43-4)30-26(17-25(22)31(24)35(36)41)27(37)14-18(2)32(30)38/h6-12,14-16,23-25,31,39H,5,13,17H2,1-4H3/t23-,24-,25+,31-/m0/s1. The second-order valence-corrected chi connectivity index (χ2v) is 11.4. The van der Waals surface area contributed by atoms with Crippen molar-refractivity contribution in [2.45, 2.75) is 33.1 Å². The number of Topliss-reactive ketones (excluding diaryl/α,β-unsaturated/α-hetero) is 1. The van der Waals surface area contributed by atoms with Crippen LogP contribution in [0.3, 0.4) is 0 Å². The second-order valence-electron chi connectivity index (χ2n) is 11.4. The number of ether oxygens (including phenoxy) is 2. The zero-order chi connectivity index (χ0) is 30.6. The summed E-state index contributed by atoms with van der Waals surface area (Å²) in [4.78, 5) is 55.8. The monoisotopic (exact) mass is 579 g/mol. The van der Waals surface area contributed by atoms with Crippen LogP contribution in [0.25, 0.3) is 6.08 Å². The van der Waals surface area contributed by atoms with Gasteiger partial charge in [-0.1, -0.05) is 42.9 Å². The molecule has 1 aliphatic heterocycles. The van der Waals surface area contributed by atoms with Crippen molar-refractivity contribution in [2.75, 3.05) is 19.1 Å². The van der Waals surface area contributed by atoms with Gasteiger partial charge >= 0.3 is 0 Å².